The van der Waals surface area contributed by atoms with Gasteiger partial charge in [0, 0.05) is 16.6 Å². The molecule has 0 amide bonds. The van der Waals surface area contributed by atoms with Crippen molar-refractivity contribution in [3.63, 3.8) is 0 Å². The molecule has 100 valence electrons. The topological polar surface area (TPSA) is 56.0 Å². The first-order valence-electron chi connectivity index (χ1n) is 6.09. The van der Waals surface area contributed by atoms with Crippen molar-refractivity contribution in [2.75, 3.05) is 5.73 Å². The molecule has 3 nitrogen and oxygen atoms in total. The molecular formula is C15H12N2OS2. The van der Waals surface area contributed by atoms with Gasteiger partial charge in [0.15, 0.2) is 5.78 Å². The summed E-state index contributed by atoms with van der Waals surface area (Å²) in [7, 11) is 0. The maximum Gasteiger partial charge on any atom is 0.169 e. The summed E-state index contributed by atoms with van der Waals surface area (Å²) in [4.78, 5) is 17.8. The number of hydrogen-bond acceptors (Lipinski definition) is 5. The molecule has 0 saturated heterocycles. The molecule has 0 saturated carbocycles. The molecule has 0 aliphatic rings. The molecule has 0 unspecified atom stereocenters. The molecule has 0 atom stereocenters. The van der Waals surface area contributed by atoms with E-state index in [0.29, 0.717) is 17.7 Å². The number of ketones is 1. The summed E-state index contributed by atoms with van der Waals surface area (Å²) in [6.45, 7) is 0. The van der Waals surface area contributed by atoms with Crippen LogP contribution < -0.4 is 5.73 Å². The maximum absolute atomic E-state index is 12.2. The lowest BCUT2D eigenvalue weighted by Gasteiger charge is -2.00. The van der Waals surface area contributed by atoms with Gasteiger partial charge in [-0.2, -0.15) is 0 Å². The van der Waals surface area contributed by atoms with E-state index in [1.807, 2.05) is 22.9 Å². The Morgan fingerprint density at radius 3 is 2.85 bits per heavy atom. The van der Waals surface area contributed by atoms with Crippen molar-refractivity contribution in [1.82, 2.24) is 4.98 Å². The lowest BCUT2D eigenvalue weighted by molar-refractivity contribution is 0.0993. The smallest absolute Gasteiger partial charge is 0.169 e. The number of nitrogens with two attached hydrogens (primary N) is 1. The lowest BCUT2D eigenvalue weighted by Crippen LogP contribution is -2.03. The van der Waals surface area contributed by atoms with Crippen LogP contribution in [-0.4, -0.2) is 10.8 Å². The predicted octanol–water partition coefficient (Wildman–Crippen LogP) is 3.88. The van der Waals surface area contributed by atoms with E-state index < -0.39 is 0 Å². The van der Waals surface area contributed by atoms with E-state index >= 15 is 0 Å². The molecule has 0 aliphatic carbocycles. The van der Waals surface area contributed by atoms with E-state index in [9.17, 15) is 4.79 Å². The summed E-state index contributed by atoms with van der Waals surface area (Å²) < 4.78 is 0. The minimum Gasteiger partial charge on any atom is -0.399 e. The van der Waals surface area contributed by atoms with Crippen molar-refractivity contribution in [2.45, 2.75) is 6.42 Å². The Morgan fingerprint density at radius 2 is 2.10 bits per heavy atom. The largest absolute Gasteiger partial charge is 0.399 e. The molecule has 0 aliphatic heterocycles. The maximum atomic E-state index is 12.2. The monoisotopic (exact) mass is 300 g/mol. The van der Waals surface area contributed by atoms with Crippen molar-refractivity contribution in [3.8, 4) is 10.6 Å². The highest BCUT2D eigenvalue weighted by molar-refractivity contribution is 7.14. The molecule has 0 spiro atoms. The molecular weight excluding hydrogens is 288 g/mol. The van der Waals surface area contributed by atoms with E-state index in [1.165, 1.54) is 11.3 Å². The van der Waals surface area contributed by atoms with Gasteiger partial charge in [-0.25, -0.2) is 4.98 Å². The number of thiazole rings is 1. The van der Waals surface area contributed by atoms with Crippen LogP contribution in [0.25, 0.3) is 10.6 Å². The molecule has 1 aromatic carbocycles. The van der Waals surface area contributed by atoms with Crippen molar-refractivity contribution >= 4 is 34.1 Å². The summed E-state index contributed by atoms with van der Waals surface area (Å²) in [5.41, 5.74) is 7.88. The van der Waals surface area contributed by atoms with Gasteiger partial charge in [-0.3, -0.25) is 4.79 Å². The predicted molar refractivity (Wildman–Crippen MR) is 84.3 cm³/mol. The fourth-order valence-electron chi connectivity index (χ4n) is 1.88. The molecule has 0 fully saturated rings. The molecule has 20 heavy (non-hydrogen) atoms. The minimum atomic E-state index is 0.0457. The Balaban J connectivity index is 1.77. The highest BCUT2D eigenvalue weighted by Gasteiger charge is 2.11. The number of thiophene rings is 1. The Kier molecular flexibility index (Phi) is 3.62. The van der Waals surface area contributed by atoms with Crippen LogP contribution in [0.5, 0.6) is 0 Å². The van der Waals surface area contributed by atoms with E-state index in [4.69, 9.17) is 5.73 Å². The highest BCUT2D eigenvalue weighted by Crippen LogP contribution is 2.26. The van der Waals surface area contributed by atoms with E-state index in [-0.39, 0.29) is 5.78 Å². The molecule has 0 radical (unpaired) electrons. The number of anilines is 1. The minimum absolute atomic E-state index is 0.0457. The zero-order valence-electron chi connectivity index (χ0n) is 10.6. The third kappa shape index (κ3) is 2.79. The third-order valence-electron chi connectivity index (χ3n) is 2.85. The SMILES string of the molecule is Nc1cccc(C(=O)Cc2nc(-c3cccs3)cs2)c1. The fourth-order valence-corrected chi connectivity index (χ4v) is 3.43. The first kappa shape index (κ1) is 13.0. The van der Waals surface area contributed by atoms with Crippen molar-refractivity contribution < 1.29 is 4.79 Å². The van der Waals surface area contributed by atoms with Crippen LogP contribution in [0.15, 0.2) is 47.2 Å². The van der Waals surface area contributed by atoms with Gasteiger partial charge in [-0.05, 0) is 23.6 Å². The summed E-state index contributed by atoms with van der Waals surface area (Å²) >= 11 is 3.17. The van der Waals surface area contributed by atoms with Gasteiger partial charge in [0.25, 0.3) is 0 Å². The molecule has 5 heteroatoms. The molecule has 3 rings (SSSR count). The number of rotatable bonds is 4. The summed E-state index contributed by atoms with van der Waals surface area (Å²) in [5, 5.41) is 4.85. The molecule has 2 aromatic heterocycles. The number of hydrogen-bond donors (Lipinski definition) is 1. The summed E-state index contributed by atoms with van der Waals surface area (Å²) in [5.74, 6) is 0.0457. The Hall–Kier alpha value is -1.98. The number of aromatic nitrogens is 1. The van der Waals surface area contributed by atoms with Crippen molar-refractivity contribution in [2.24, 2.45) is 0 Å². The van der Waals surface area contributed by atoms with E-state index in [2.05, 4.69) is 4.98 Å². The number of benzene rings is 1. The van der Waals surface area contributed by atoms with Crippen LogP contribution in [0, 0.1) is 0 Å². The number of carbonyl (C=O) groups is 1. The summed E-state index contributed by atoms with van der Waals surface area (Å²) in [6, 6.07) is 11.1. The molecule has 2 N–H and O–H groups in total. The van der Waals surface area contributed by atoms with Crippen molar-refractivity contribution in [1.29, 1.82) is 0 Å². The van der Waals surface area contributed by atoms with Crippen LogP contribution >= 0.6 is 22.7 Å². The molecule has 3 aromatic rings. The van der Waals surface area contributed by atoms with Crippen LogP contribution in [0.3, 0.4) is 0 Å². The number of nitrogen functional groups attached to an aromatic ring is 1. The lowest BCUT2D eigenvalue weighted by atomic mass is 10.1. The van der Waals surface area contributed by atoms with Crippen LogP contribution in [0.2, 0.25) is 0 Å². The van der Waals surface area contributed by atoms with Gasteiger partial charge >= 0.3 is 0 Å². The Labute approximate surface area is 124 Å². The van der Waals surface area contributed by atoms with Crippen molar-refractivity contribution in [3.05, 3.63) is 57.7 Å². The Morgan fingerprint density at radius 1 is 1.20 bits per heavy atom. The van der Waals surface area contributed by atoms with Crippen LogP contribution in [0.4, 0.5) is 5.69 Å². The number of nitrogens with zero attached hydrogens (tertiary/aromatic N) is 1. The van der Waals surface area contributed by atoms with Gasteiger partial charge in [0.2, 0.25) is 0 Å². The van der Waals surface area contributed by atoms with E-state index in [0.717, 1.165) is 15.6 Å². The molecule has 0 bridgehead atoms. The van der Waals surface area contributed by atoms with E-state index in [1.54, 1.807) is 35.6 Å². The number of Topliss-reactive ketones (excluding diaryl/α,β-unsaturated/α-hetero) is 1. The van der Waals surface area contributed by atoms with Crippen LogP contribution in [0.1, 0.15) is 15.4 Å². The number of carbonyl (C=O) groups excluding carboxylic acids is 1. The highest BCUT2D eigenvalue weighted by atomic mass is 32.1. The second-order valence-electron chi connectivity index (χ2n) is 4.33. The Bertz CT molecular complexity index is 732. The van der Waals surface area contributed by atoms with Gasteiger partial charge in [0.1, 0.15) is 5.01 Å². The van der Waals surface area contributed by atoms with Crippen LogP contribution in [-0.2, 0) is 6.42 Å². The first-order chi connectivity index (χ1) is 9.72. The van der Waals surface area contributed by atoms with Gasteiger partial charge < -0.3 is 5.73 Å². The van der Waals surface area contributed by atoms with Gasteiger partial charge in [0.05, 0.1) is 17.0 Å². The average molecular weight is 300 g/mol. The zero-order chi connectivity index (χ0) is 13.9. The zero-order valence-corrected chi connectivity index (χ0v) is 12.2. The normalized spacial score (nSPS) is 10.6. The fraction of sp³-hybridized carbons (Fsp3) is 0.0667. The average Bonchev–Trinajstić information content (AvgIpc) is 3.08. The van der Waals surface area contributed by atoms with Gasteiger partial charge in [-0.1, -0.05) is 18.2 Å². The second kappa shape index (κ2) is 5.56. The standard InChI is InChI=1S/C15H12N2OS2/c16-11-4-1-3-10(7-11)13(18)8-15-17-12(9-20-15)14-5-2-6-19-14/h1-7,9H,8,16H2. The quantitative estimate of drug-likeness (QED) is 0.587. The third-order valence-corrected chi connectivity index (χ3v) is 4.59. The first-order valence-corrected chi connectivity index (χ1v) is 7.85. The van der Waals surface area contributed by atoms with Gasteiger partial charge in [-0.15, -0.1) is 22.7 Å². The second-order valence-corrected chi connectivity index (χ2v) is 6.22. The summed E-state index contributed by atoms with van der Waals surface area (Å²) in [6.07, 6.45) is 0.319. The molecule has 2 heterocycles.